The van der Waals surface area contributed by atoms with Gasteiger partial charge in [-0.15, -0.1) is 11.6 Å². The Kier molecular flexibility index (Phi) is 2.68. The molecule has 62 valence electrons. The molecule has 0 saturated carbocycles. The predicted octanol–water partition coefficient (Wildman–Crippen LogP) is 1.05. The molecule has 0 bridgehead atoms. The van der Waals surface area contributed by atoms with Gasteiger partial charge in [0.15, 0.2) is 5.78 Å². The van der Waals surface area contributed by atoms with Crippen molar-refractivity contribution in [2.75, 3.05) is 19.5 Å². The summed E-state index contributed by atoms with van der Waals surface area (Å²) in [6, 6.07) is 0.372. The molecule has 0 saturated heterocycles. The van der Waals surface area contributed by atoms with Gasteiger partial charge in [0.05, 0.1) is 5.88 Å². The van der Waals surface area contributed by atoms with Gasteiger partial charge < -0.3 is 0 Å². The summed E-state index contributed by atoms with van der Waals surface area (Å²) in [4.78, 5) is 13.2. The van der Waals surface area contributed by atoms with Gasteiger partial charge in [-0.2, -0.15) is 0 Å². The molecule has 0 unspecified atom stereocenters. The zero-order chi connectivity index (χ0) is 8.43. The maximum absolute atomic E-state index is 11.1. The molecule has 0 radical (unpaired) electrons. The van der Waals surface area contributed by atoms with Gasteiger partial charge in [0.2, 0.25) is 0 Å². The molecule has 1 atom stereocenters. The maximum Gasteiger partial charge on any atom is 0.174 e. The molecular formula is C8H12ClNO. The summed E-state index contributed by atoms with van der Waals surface area (Å²) in [5.41, 5.74) is 0.856. The number of ketones is 1. The average Bonchev–Trinajstić information content (AvgIpc) is 2.31. The molecule has 3 heteroatoms. The van der Waals surface area contributed by atoms with E-state index in [1.807, 2.05) is 13.1 Å². The first-order valence-corrected chi connectivity index (χ1v) is 4.18. The lowest BCUT2D eigenvalue weighted by Crippen LogP contribution is -2.23. The molecule has 0 aromatic carbocycles. The molecule has 1 rings (SSSR count). The van der Waals surface area contributed by atoms with Crippen molar-refractivity contribution >= 4 is 17.4 Å². The Hall–Kier alpha value is -0.340. The minimum Gasteiger partial charge on any atom is -0.296 e. The number of carbonyl (C=O) groups excluding carboxylic acids is 1. The fourth-order valence-electron chi connectivity index (χ4n) is 1.15. The molecule has 0 amide bonds. The average molecular weight is 174 g/mol. The minimum absolute atomic E-state index is 0.0582. The molecule has 0 fully saturated rings. The normalized spacial score (nSPS) is 25.4. The van der Waals surface area contributed by atoms with Crippen LogP contribution in [0.25, 0.3) is 0 Å². The highest BCUT2D eigenvalue weighted by atomic mass is 35.5. The van der Waals surface area contributed by atoms with Crippen LogP contribution in [-0.2, 0) is 4.79 Å². The van der Waals surface area contributed by atoms with Crippen LogP contribution >= 0.6 is 11.6 Å². The van der Waals surface area contributed by atoms with Crippen LogP contribution in [0.4, 0.5) is 0 Å². The van der Waals surface area contributed by atoms with Crippen molar-refractivity contribution in [3.63, 3.8) is 0 Å². The standard InChI is InChI=1S/C8H12ClNO/c1-6-3-7(5-10(6)2)8(11)4-9/h3,6H,4-5H2,1-2H3/t6-/m0/s1. The summed E-state index contributed by atoms with van der Waals surface area (Å²) >= 11 is 5.42. The lowest BCUT2D eigenvalue weighted by atomic mass is 10.2. The number of carbonyl (C=O) groups is 1. The van der Waals surface area contributed by atoms with Gasteiger partial charge in [0.1, 0.15) is 0 Å². The largest absolute Gasteiger partial charge is 0.296 e. The Morgan fingerprint density at radius 3 is 2.91 bits per heavy atom. The topological polar surface area (TPSA) is 20.3 Å². The van der Waals surface area contributed by atoms with E-state index in [4.69, 9.17) is 11.6 Å². The second kappa shape index (κ2) is 3.37. The summed E-state index contributed by atoms with van der Waals surface area (Å²) in [7, 11) is 2.00. The highest BCUT2D eigenvalue weighted by Crippen LogP contribution is 2.14. The van der Waals surface area contributed by atoms with Crippen LogP contribution in [0.15, 0.2) is 11.6 Å². The molecule has 11 heavy (non-hydrogen) atoms. The highest BCUT2D eigenvalue weighted by Gasteiger charge is 2.20. The summed E-state index contributed by atoms with van der Waals surface area (Å²) in [5.74, 6) is 0.162. The number of rotatable bonds is 2. The summed E-state index contributed by atoms with van der Waals surface area (Å²) in [6.07, 6.45) is 1.98. The van der Waals surface area contributed by atoms with E-state index < -0.39 is 0 Å². The summed E-state index contributed by atoms with van der Waals surface area (Å²) < 4.78 is 0. The molecule has 0 aromatic heterocycles. The van der Waals surface area contributed by atoms with Gasteiger partial charge in [-0.05, 0) is 14.0 Å². The van der Waals surface area contributed by atoms with Crippen molar-refractivity contribution < 1.29 is 4.79 Å². The van der Waals surface area contributed by atoms with Crippen LogP contribution in [-0.4, -0.2) is 36.2 Å². The van der Waals surface area contributed by atoms with Gasteiger partial charge in [0, 0.05) is 18.2 Å². The van der Waals surface area contributed by atoms with Crippen molar-refractivity contribution in [1.82, 2.24) is 4.90 Å². The van der Waals surface area contributed by atoms with Crippen LogP contribution in [0.5, 0.6) is 0 Å². The van der Waals surface area contributed by atoms with Crippen molar-refractivity contribution in [3.8, 4) is 0 Å². The molecule has 1 aliphatic rings. The van der Waals surface area contributed by atoms with Crippen molar-refractivity contribution in [2.45, 2.75) is 13.0 Å². The third kappa shape index (κ3) is 1.82. The highest BCUT2D eigenvalue weighted by molar-refractivity contribution is 6.30. The van der Waals surface area contributed by atoms with Gasteiger partial charge >= 0.3 is 0 Å². The molecule has 0 aromatic rings. The van der Waals surface area contributed by atoms with Crippen LogP contribution in [0.2, 0.25) is 0 Å². The molecular weight excluding hydrogens is 162 g/mol. The van der Waals surface area contributed by atoms with Gasteiger partial charge in [-0.25, -0.2) is 0 Å². The number of Topliss-reactive ketones (excluding diaryl/α,β-unsaturated/α-hetero) is 1. The van der Waals surface area contributed by atoms with Crippen LogP contribution < -0.4 is 0 Å². The quantitative estimate of drug-likeness (QED) is 0.582. The Balaban J connectivity index is 2.63. The molecule has 0 aliphatic carbocycles. The number of likely N-dealkylation sites (N-methyl/N-ethyl adjacent to an activating group) is 1. The van der Waals surface area contributed by atoms with E-state index in [0.29, 0.717) is 6.04 Å². The van der Waals surface area contributed by atoms with E-state index in [-0.39, 0.29) is 11.7 Å². The first-order valence-electron chi connectivity index (χ1n) is 3.65. The maximum atomic E-state index is 11.1. The van der Waals surface area contributed by atoms with Crippen LogP contribution in [0, 0.1) is 0 Å². The molecule has 1 heterocycles. The Morgan fingerprint density at radius 2 is 2.55 bits per heavy atom. The van der Waals surface area contributed by atoms with Gasteiger partial charge in [0.25, 0.3) is 0 Å². The second-order valence-corrected chi connectivity index (χ2v) is 3.17. The Bertz CT molecular complexity index is 200. The number of halogens is 1. The molecule has 2 nitrogen and oxygen atoms in total. The number of hydrogen-bond acceptors (Lipinski definition) is 2. The lowest BCUT2D eigenvalue weighted by Gasteiger charge is -2.12. The van der Waals surface area contributed by atoms with Crippen LogP contribution in [0.1, 0.15) is 6.92 Å². The summed E-state index contributed by atoms with van der Waals surface area (Å²) in [6.45, 7) is 2.81. The third-order valence-electron chi connectivity index (χ3n) is 2.04. The van der Waals surface area contributed by atoms with E-state index in [9.17, 15) is 4.79 Å². The Morgan fingerprint density at radius 1 is 1.91 bits per heavy atom. The van der Waals surface area contributed by atoms with Crippen molar-refractivity contribution in [2.24, 2.45) is 0 Å². The first-order chi connectivity index (χ1) is 5.15. The lowest BCUT2D eigenvalue weighted by molar-refractivity contribution is -0.113. The molecule has 0 spiro atoms. The number of hydrogen-bond donors (Lipinski definition) is 0. The number of nitrogens with zero attached hydrogens (tertiary/aromatic N) is 1. The van der Waals surface area contributed by atoms with E-state index in [1.165, 1.54) is 0 Å². The van der Waals surface area contributed by atoms with E-state index in [2.05, 4.69) is 11.8 Å². The zero-order valence-electron chi connectivity index (χ0n) is 6.80. The third-order valence-corrected chi connectivity index (χ3v) is 2.28. The minimum atomic E-state index is 0.0582. The second-order valence-electron chi connectivity index (χ2n) is 2.90. The molecule has 1 aliphatic heterocycles. The van der Waals surface area contributed by atoms with Gasteiger partial charge in [-0.3, -0.25) is 9.69 Å². The molecule has 0 N–H and O–H groups in total. The van der Waals surface area contributed by atoms with Crippen molar-refractivity contribution in [3.05, 3.63) is 11.6 Å². The first kappa shape index (κ1) is 8.75. The fourth-order valence-corrected chi connectivity index (χ4v) is 1.32. The smallest absolute Gasteiger partial charge is 0.174 e. The summed E-state index contributed by atoms with van der Waals surface area (Å²) in [5, 5.41) is 0. The van der Waals surface area contributed by atoms with E-state index in [1.54, 1.807) is 0 Å². The fraction of sp³-hybridized carbons (Fsp3) is 0.625. The van der Waals surface area contributed by atoms with Crippen molar-refractivity contribution in [1.29, 1.82) is 0 Å². The zero-order valence-corrected chi connectivity index (χ0v) is 7.56. The monoisotopic (exact) mass is 173 g/mol. The predicted molar refractivity (Wildman–Crippen MR) is 45.9 cm³/mol. The number of alkyl halides is 1. The van der Waals surface area contributed by atoms with E-state index >= 15 is 0 Å². The van der Waals surface area contributed by atoms with E-state index in [0.717, 1.165) is 12.1 Å². The van der Waals surface area contributed by atoms with Gasteiger partial charge in [-0.1, -0.05) is 6.08 Å². The SMILES string of the molecule is C[C@H]1C=C(C(=O)CCl)CN1C. The van der Waals surface area contributed by atoms with Crippen LogP contribution in [0.3, 0.4) is 0 Å². The Labute approximate surface area is 71.8 Å².